The Morgan fingerprint density at radius 3 is 2.59 bits per heavy atom. The number of carbonyl (C=O) groups excluding carboxylic acids is 1. The summed E-state index contributed by atoms with van der Waals surface area (Å²) < 4.78 is 37.4. The highest BCUT2D eigenvalue weighted by Gasteiger charge is 2.12. The molecule has 0 radical (unpaired) electrons. The molecule has 1 amide bonds. The summed E-state index contributed by atoms with van der Waals surface area (Å²) >= 11 is 0. The van der Waals surface area contributed by atoms with Crippen molar-refractivity contribution in [2.75, 3.05) is 19.3 Å². The van der Waals surface area contributed by atoms with Gasteiger partial charge in [0.05, 0.1) is 11.3 Å². The van der Waals surface area contributed by atoms with E-state index in [1.807, 2.05) is 0 Å². The van der Waals surface area contributed by atoms with Crippen LogP contribution in [0.3, 0.4) is 0 Å². The van der Waals surface area contributed by atoms with E-state index in [0.29, 0.717) is 0 Å². The molecule has 7 heteroatoms. The van der Waals surface area contributed by atoms with Gasteiger partial charge in [0, 0.05) is 6.54 Å². The van der Waals surface area contributed by atoms with Crippen LogP contribution in [0.1, 0.15) is 10.4 Å². The van der Waals surface area contributed by atoms with Gasteiger partial charge in [-0.3, -0.25) is 4.79 Å². The molecule has 0 aliphatic rings. The van der Waals surface area contributed by atoms with Crippen molar-refractivity contribution in [3.05, 3.63) is 35.6 Å². The molecular formula is C10H13FN2O3S. The van der Waals surface area contributed by atoms with Gasteiger partial charge < -0.3 is 5.32 Å². The molecule has 0 saturated heterocycles. The van der Waals surface area contributed by atoms with E-state index in [-0.39, 0.29) is 17.9 Å². The summed E-state index contributed by atoms with van der Waals surface area (Å²) in [6.07, 6.45) is 0. The van der Waals surface area contributed by atoms with E-state index < -0.39 is 21.7 Å². The number of halogens is 1. The Bertz CT molecular complexity index is 502. The molecule has 2 N–H and O–H groups in total. The van der Waals surface area contributed by atoms with Gasteiger partial charge in [-0.15, -0.1) is 0 Å². The molecule has 0 spiro atoms. The topological polar surface area (TPSA) is 75.3 Å². The van der Waals surface area contributed by atoms with Crippen LogP contribution in [0.5, 0.6) is 0 Å². The molecule has 5 nitrogen and oxygen atoms in total. The molecule has 0 atom stereocenters. The quantitative estimate of drug-likeness (QED) is 0.788. The third-order valence-electron chi connectivity index (χ3n) is 2.09. The predicted octanol–water partition coefficient (Wildman–Crippen LogP) is 0.105. The lowest BCUT2D eigenvalue weighted by Crippen LogP contribution is -2.33. The maximum absolute atomic E-state index is 13.2. The van der Waals surface area contributed by atoms with Gasteiger partial charge in [0.2, 0.25) is 10.0 Å². The number of hydrogen-bond acceptors (Lipinski definition) is 3. The van der Waals surface area contributed by atoms with Crippen molar-refractivity contribution < 1.29 is 17.6 Å². The number of carbonyl (C=O) groups is 1. The lowest BCUT2D eigenvalue weighted by atomic mass is 10.2. The first kappa shape index (κ1) is 13.6. The molecule has 0 bridgehead atoms. The Balaban J connectivity index is 2.55. The minimum absolute atomic E-state index is 0.0731. The van der Waals surface area contributed by atoms with Crippen LogP contribution in [-0.2, 0) is 10.0 Å². The van der Waals surface area contributed by atoms with Crippen LogP contribution in [0.4, 0.5) is 4.39 Å². The third-order valence-corrected chi connectivity index (χ3v) is 3.45. The van der Waals surface area contributed by atoms with Crippen molar-refractivity contribution >= 4 is 15.9 Å². The van der Waals surface area contributed by atoms with Gasteiger partial charge in [-0.2, -0.15) is 0 Å². The average molecular weight is 260 g/mol. The van der Waals surface area contributed by atoms with E-state index in [4.69, 9.17) is 0 Å². The summed E-state index contributed by atoms with van der Waals surface area (Å²) in [4.78, 5) is 11.5. The van der Waals surface area contributed by atoms with Crippen LogP contribution in [0.15, 0.2) is 24.3 Å². The summed E-state index contributed by atoms with van der Waals surface area (Å²) in [6.45, 7) is -0.0731. The monoisotopic (exact) mass is 260 g/mol. The number of nitrogens with one attached hydrogen (secondary N) is 2. The van der Waals surface area contributed by atoms with Crippen LogP contribution in [0.25, 0.3) is 0 Å². The van der Waals surface area contributed by atoms with Gasteiger partial charge in [0.15, 0.2) is 0 Å². The van der Waals surface area contributed by atoms with Crippen molar-refractivity contribution in [2.45, 2.75) is 0 Å². The van der Waals surface area contributed by atoms with E-state index in [0.717, 1.165) is 0 Å². The van der Waals surface area contributed by atoms with Crippen molar-refractivity contribution in [3.8, 4) is 0 Å². The minimum atomic E-state index is -3.37. The highest BCUT2D eigenvalue weighted by atomic mass is 32.2. The normalized spacial score (nSPS) is 11.2. The summed E-state index contributed by atoms with van der Waals surface area (Å²) in [5.41, 5.74) is -0.102. The lowest BCUT2D eigenvalue weighted by Gasteiger charge is -2.06. The molecule has 0 aliphatic carbocycles. The van der Waals surface area contributed by atoms with Crippen molar-refractivity contribution in [1.29, 1.82) is 0 Å². The fourth-order valence-corrected chi connectivity index (χ4v) is 1.72. The van der Waals surface area contributed by atoms with E-state index in [1.54, 1.807) is 0 Å². The van der Waals surface area contributed by atoms with Crippen molar-refractivity contribution in [2.24, 2.45) is 0 Å². The number of amides is 1. The maximum Gasteiger partial charge on any atom is 0.254 e. The number of benzene rings is 1. The minimum Gasteiger partial charge on any atom is -0.351 e. The van der Waals surface area contributed by atoms with Crippen molar-refractivity contribution in [3.63, 3.8) is 0 Å². The van der Waals surface area contributed by atoms with Crippen LogP contribution in [0.2, 0.25) is 0 Å². The van der Waals surface area contributed by atoms with Crippen molar-refractivity contribution in [1.82, 2.24) is 10.0 Å². The zero-order valence-corrected chi connectivity index (χ0v) is 10.1. The van der Waals surface area contributed by atoms with Crippen LogP contribution >= 0.6 is 0 Å². The second kappa shape index (κ2) is 5.74. The molecule has 17 heavy (non-hydrogen) atoms. The molecule has 1 rings (SSSR count). The first-order chi connectivity index (χ1) is 7.96. The van der Waals surface area contributed by atoms with Gasteiger partial charge >= 0.3 is 0 Å². The summed E-state index contributed by atoms with van der Waals surface area (Å²) in [5.74, 6) is -1.51. The number of sulfonamides is 1. The fraction of sp³-hybridized carbons (Fsp3) is 0.300. The molecular weight excluding hydrogens is 247 g/mol. The van der Waals surface area contributed by atoms with Gasteiger partial charge in [-0.1, -0.05) is 12.1 Å². The largest absolute Gasteiger partial charge is 0.351 e. The Labute approximate surface area is 99.1 Å². The van der Waals surface area contributed by atoms with E-state index in [1.165, 1.54) is 31.3 Å². The molecule has 0 heterocycles. The smallest absolute Gasteiger partial charge is 0.254 e. The van der Waals surface area contributed by atoms with Gasteiger partial charge in [0.1, 0.15) is 5.82 Å². The first-order valence-corrected chi connectivity index (χ1v) is 6.55. The van der Waals surface area contributed by atoms with Gasteiger partial charge in [-0.05, 0) is 19.2 Å². The molecule has 1 aromatic carbocycles. The molecule has 94 valence electrons. The van der Waals surface area contributed by atoms with Crippen LogP contribution < -0.4 is 10.0 Å². The average Bonchev–Trinajstić information content (AvgIpc) is 2.29. The Morgan fingerprint density at radius 2 is 2.00 bits per heavy atom. The summed E-state index contributed by atoms with van der Waals surface area (Å²) in [7, 11) is -2.08. The zero-order chi connectivity index (χ0) is 12.9. The molecule has 0 aliphatic heterocycles. The molecule has 0 aromatic heterocycles. The molecule has 0 fully saturated rings. The molecule has 0 saturated carbocycles. The highest BCUT2D eigenvalue weighted by Crippen LogP contribution is 2.05. The third kappa shape index (κ3) is 4.12. The molecule has 0 unspecified atom stereocenters. The second-order valence-electron chi connectivity index (χ2n) is 3.26. The zero-order valence-electron chi connectivity index (χ0n) is 9.23. The maximum atomic E-state index is 13.2. The standard InChI is InChI=1S/C10H13FN2O3S/c1-12-17(15,16)7-6-13-10(14)8-4-2-3-5-9(8)11/h2-5,12H,6-7H2,1H3,(H,13,14). The molecule has 1 aromatic rings. The second-order valence-corrected chi connectivity index (χ2v) is 5.30. The Morgan fingerprint density at radius 1 is 1.35 bits per heavy atom. The van der Waals surface area contributed by atoms with Crippen LogP contribution in [-0.4, -0.2) is 33.7 Å². The number of hydrogen-bond donors (Lipinski definition) is 2. The van der Waals surface area contributed by atoms with Gasteiger partial charge in [-0.25, -0.2) is 17.5 Å². The first-order valence-electron chi connectivity index (χ1n) is 4.90. The van der Waals surface area contributed by atoms with E-state index in [9.17, 15) is 17.6 Å². The summed E-state index contributed by atoms with van der Waals surface area (Å²) in [6, 6.07) is 5.50. The Kier molecular flexibility index (Phi) is 4.59. The number of rotatable bonds is 5. The fourth-order valence-electron chi connectivity index (χ4n) is 1.14. The van der Waals surface area contributed by atoms with Gasteiger partial charge in [0.25, 0.3) is 5.91 Å². The SMILES string of the molecule is CNS(=O)(=O)CCNC(=O)c1ccccc1F. The summed E-state index contributed by atoms with van der Waals surface area (Å²) in [5, 5.41) is 2.33. The highest BCUT2D eigenvalue weighted by molar-refractivity contribution is 7.89. The lowest BCUT2D eigenvalue weighted by molar-refractivity contribution is 0.0952. The van der Waals surface area contributed by atoms with E-state index in [2.05, 4.69) is 10.0 Å². The van der Waals surface area contributed by atoms with E-state index >= 15 is 0 Å². The van der Waals surface area contributed by atoms with Crippen LogP contribution in [0, 0.1) is 5.82 Å². The Hall–Kier alpha value is -1.47. The predicted molar refractivity (Wildman–Crippen MR) is 61.6 cm³/mol.